The average Bonchev–Trinajstić information content (AvgIpc) is 2.31. The van der Waals surface area contributed by atoms with Gasteiger partial charge >= 0.3 is 0 Å². The zero-order chi connectivity index (χ0) is 11.5. The number of nitrogens with two attached hydrogens (primary N) is 1. The summed E-state index contributed by atoms with van der Waals surface area (Å²) in [7, 11) is 1.69. The molecule has 0 radical (unpaired) electrons. The smallest absolute Gasteiger partial charge is 0.135 e. The summed E-state index contributed by atoms with van der Waals surface area (Å²) in [6.07, 6.45) is 2.14. The number of benzene rings is 1. The molecule has 3 nitrogen and oxygen atoms in total. The van der Waals surface area contributed by atoms with Crippen molar-refractivity contribution >= 4 is 21.6 Å². The van der Waals surface area contributed by atoms with E-state index in [1.807, 2.05) is 6.07 Å². The topological polar surface area (TPSA) is 38.5 Å². The van der Waals surface area contributed by atoms with Crippen LogP contribution in [0.5, 0.6) is 5.75 Å². The second-order valence-electron chi connectivity index (χ2n) is 4.14. The molecule has 1 aliphatic rings. The van der Waals surface area contributed by atoms with E-state index in [2.05, 4.69) is 33.0 Å². The molecule has 1 heterocycles. The van der Waals surface area contributed by atoms with E-state index >= 15 is 0 Å². The summed E-state index contributed by atoms with van der Waals surface area (Å²) in [4.78, 5) is 2.36. The fourth-order valence-electron chi connectivity index (χ4n) is 2.00. The number of methoxy groups -OCH3 is 1. The van der Waals surface area contributed by atoms with Crippen molar-refractivity contribution in [2.45, 2.75) is 18.9 Å². The summed E-state index contributed by atoms with van der Waals surface area (Å²) >= 11 is 3.46. The molecule has 1 aromatic rings. The van der Waals surface area contributed by atoms with E-state index in [9.17, 15) is 0 Å². The van der Waals surface area contributed by atoms with Crippen LogP contribution in [0, 0.1) is 0 Å². The normalized spacial score (nSPS) is 17.6. The van der Waals surface area contributed by atoms with Crippen LogP contribution in [0.15, 0.2) is 22.7 Å². The number of anilines is 1. The van der Waals surface area contributed by atoms with Gasteiger partial charge in [-0.15, -0.1) is 0 Å². The van der Waals surface area contributed by atoms with Crippen LogP contribution in [0.1, 0.15) is 12.8 Å². The molecular formula is C12H17BrN2O. The highest BCUT2D eigenvalue weighted by atomic mass is 79.9. The van der Waals surface area contributed by atoms with E-state index in [-0.39, 0.29) is 0 Å². The minimum atomic E-state index is 0.369. The quantitative estimate of drug-likeness (QED) is 0.906. The van der Waals surface area contributed by atoms with E-state index < -0.39 is 0 Å². The van der Waals surface area contributed by atoms with Gasteiger partial charge in [0.1, 0.15) is 5.75 Å². The third-order valence-corrected chi connectivity index (χ3v) is 3.69. The van der Waals surface area contributed by atoms with Gasteiger partial charge < -0.3 is 15.4 Å². The van der Waals surface area contributed by atoms with Gasteiger partial charge in [0.2, 0.25) is 0 Å². The monoisotopic (exact) mass is 284 g/mol. The Kier molecular flexibility index (Phi) is 3.71. The fraction of sp³-hybridized carbons (Fsp3) is 0.500. The molecule has 0 atom stereocenters. The molecule has 0 aliphatic carbocycles. The van der Waals surface area contributed by atoms with Gasteiger partial charge in [-0.05, 0) is 40.9 Å². The molecule has 1 aromatic carbocycles. The third kappa shape index (κ3) is 2.50. The van der Waals surface area contributed by atoms with Gasteiger partial charge in [-0.25, -0.2) is 0 Å². The highest BCUT2D eigenvalue weighted by Gasteiger charge is 2.17. The van der Waals surface area contributed by atoms with Gasteiger partial charge in [0.05, 0.1) is 11.6 Å². The summed E-state index contributed by atoms with van der Waals surface area (Å²) in [6.45, 7) is 2.07. The number of halogens is 1. The van der Waals surface area contributed by atoms with Crippen LogP contribution in [-0.4, -0.2) is 26.2 Å². The van der Waals surface area contributed by atoms with Gasteiger partial charge in [0.15, 0.2) is 0 Å². The molecule has 1 aliphatic heterocycles. The highest BCUT2D eigenvalue weighted by molar-refractivity contribution is 9.10. The summed E-state index contributed by atoms with van der Waals surface area (Å²) in [6, 6.07) is 6.58. The lowest BCUT2D eigenvalue weighted by molar-refractivity contribution is 0.411. The van der Waals surface area contributed by atoms with Crippen LogP contribution >= 0.6 is 15.9 Å². The zero-order valence-electron chi connectivity index (χ0n) is 9.45. The van der Waals surface area contributed by atoms with Gasteiger partial charge in [0, 0.05) is 30.9 Å². The summed E-state index contributed by atoms with van der Waals surface area (Å²) in [5.41, 5.74) is 7.11. The van der Waals surface area contributed by atoms with Crippen molar-refractivity contribution in [3.63, 3.8) is 0 Å². The summed E-state index contributed by atoms with van der Waals surface area (Å²) in [5, 5.41) is 0. The molecule has 1 saturated heterocycles. The molecule has 0 unspecified atom stereocenters. The Morgan fingerprint density at radius 3 is 2.69 bits per heavy atom. The second-order valence-corrected chi connectivity index (χ2v) is 5.00. The van der Waals surface area contributed by atoms with Crippen LogP contribution < -0.4 is 15.4 Å². The number of hydrogen-bond acceptors (Lipinski definition) is 3. The number of rotatable bonds is 2. The first-order chi connectivity index (χ1) is 7.70. The van der Waals surface area contributed by atoms with Crippen LogP contribution in [0.4, 0.5) is 5.69 Å². The minimum Gasteiger partial charge on any atom is -0.495 e. The molecule has 2 rings (SSSR count). The maximum Gasteiger partial charge on any atom is 0.135 e. The molecule has 88 valence electrons. The van der Waals surface area contributed by atoms with Crippen molar-refractivity contribution in [1.82, 2.24) is 0 Å². The van der Waals surface area contributed by atoms with Gasteiger partial charge in [0.25, 0.3) is 0 Å². The molecule has 1 fully saturated rings. The Hall–Kier alpha value is -0.740. The van der Waals surface area contributed by atoms with Crippen LogP contribution in [0.2, 0.25) is 0 Å². The lowest BCUT2D eigenvalue weighted by atomic mass is 10.1. The van der Waals surface area contributed by atoms with E-state index in [1.54, 1.807) is 7.11 Å². The van der Waals surface area contributed by atoms with Crippen molar-refractivity contribution in [1.29, 1.82) is 0 Å². The Morgan fingerprint density at radius 1 is 1.38 bits per heavy atom. The predicted molar refractivity (Wildman–Crippen MR) is 70.1 cm³/mol. The van der Waals surface area contributed by atoms with Crippen molar-refractivity contribution in [3.05, 3.63) is 22.7 Å². The lowest BCUT2D eigenvalue weighted by Crippen LogP contribution is -2.39. The number of ether oxygens (including phenoxy) is 1. The molecule has 0 bridgehead atoms. The SMILES string of the molecule is COc1cc(N2CCC(N)CC2)ccc1Br. The summed E-state index contributed by atoms with van der Waals surface area (Å²) < 4.78 is 6.29. The standard InChI is InChI=1S/C12H17BrN2O/c1-16-12-8-10(2-3-11(12)13)15-6-4-9(14)5-7-15/h2-3,8-9H,4-7,14H2,1H3. The lowest BCUT2D eigenvalue weighted by Gasteiger charge is -2.32. The molecule has 4 heteroatoms. The predicted octanol–water partition coefficient (Wildman–Crippen LogP) is 2.39. The Morgan fingerprint density at radius 2 is 2.06 bits per heavy atom. The maximum absolute atomic E-state index is 5.90. The van der Waals surface area contributed by atoms with Crippen LogP contribution in [0.25, 0.3) is 0 Å². The van der Waals surface area contributed by atoms with E-state index in [0.717, 1.165) is 36.2 Å². The van der Waals surface area contributed by atoms with Crippen molar-refractivity contribution in [2.75, 3.05) is 25.1 Å². The van der Waals surface area contributed by atoms with Gasteiger partial charge in [-0.3, -0.25) is 0 Å². The molecule has 0 saturated carbocycles. The van der Waals surface area contributed by atoms with Crippen molar-refractivity contribution < 1.29 is 4.74 Å². The first kappa shape index (κ1) is 11.7. The number of hydrogen-bond donors (Lipinski definition) is 1. The Bertz CT molecular complexity index is 362. The van der Waals surface area contributed by atoms with Crippen molar-refractivity contribution in [2.24, 2.45) is 5.73 Å². The Balaban J connectivity index is 2.14. The van der Waals surface area contributed by atoms with E-state index in [0.29, 0.717) is 6.04 Å². The molecular weight excluding hydrogens is 268 g/mol. The number of piperidine rings is 1. The van der Waals surface area contributed by atoms with Gasteiger partial charge in [-0.2, -0.15) is 0 Å². The third-order valence-electron chi connectivity index (χ3n) is 3.04. The van der Waals surface area contributed by atoms with E-state index in [4.69, 9.17) is 10.5 Å². The molecule has 2 N–H and O–H groups in total. The summed E-state index contributed by atoms with van der Waals surface area (Å²) in [5.74, 6) is 0.882. The van der Waals surface area contributed by atoms with Crippen LogP contribution in [-0.2, 0) is 0 Å². The van der Waals surface area contributed by atoms with Crippen molar-refractivity contribution in [3.8, 4) is 5.75 Å². The largest absolute Gasteiger partial charge is 0.495 e. The first-order valence-corrected chi connectivity index (χ1v) is 6.34. The second kappa shape index (κ2) is 5.06. The maximum atomic E-state index is 5.90. The average molecular weight is 285 g/mol. The Labute approximate surface area is 105 Å². The molecule has 0 amide bonds. The van der Waals surface area contributed by atoms with Crippen LogP contribution in [0.3, 0.4) is 0 Å². The number of nitrogens with zero attached hydrogens (tertiary/aromatic N) is 1. The fourth-order valence-corrected chi connectivity index (χ4v) is 2.41. The highest BCUT2D eigenvalue weighted by Crippen LogP contribution is 2.30. The van der Waals surface area contributed by atoms with Gasteiger partial charge in [-0.1, -0.05) is 0 Å². The zero-order valence-corrected chi connectivity index (χ0v) is 11.0. The minimum absolute atomic E-state index is 0.369. The molecule has 16 heavy (non-hydrogen) atoms. The first-order valence-electron chi connectivity index (χ1n) is 5.55. The van der Waals surface area contributed by atoms with E-state index in [1.165, 1.54) is 5.69 Å². The molecule has 0 spiro atoms. The molecule has 0 aromatic heterocycles.